The smallest absolute Gasteiger partial charge is 0.264 e. The molecule has 0 aliphatic heterocycles. The first-order chi connectivity index (χ1) is 7.35. The molecule has 1 N–H and O–H groups in total. The van der Waals surface area contributed by atoms with Gasteiger partial charge < -0.3 is 9.80 Å². The maximum absolute atomic E-state index is 10.5. The van der Waals surface area contributed by atoms with Crippen molar-refractivity contribution >= 4 is 10.1 Å². The summed E-state index contributed by atoms with van der Waals surface area (Å²) in [5, 5.41) is 0. The van der Waals surface area contributed by atoms with Crippen LogP contribution in [0.2, 0.25) is 0 Å². The van der Waals surface area contributed by atoms with E-state index in [1.165, 1.54) is 0 Å². The van der Waals surface area contributed by atoms with Crippen molar-refractivity contribution in [2.75, 3.05) is 46.0 Å². The molecule has 0 saturated heterocycles. The van der Waals surface area contributed by atoms with Gasteiger partial charge in [0.05, 0.1) is 5.75 Å². The zero-order valence-corrected chi connectivity index (χ0v) is 11.3. The number of rotatable bonds is 9. The lowest BCUT2D eigenvalue weighted by molar-refractivity contribution is 0.257. The van der Waals surface area contributed by atoms with Crippen LogP contribution in [0.4, 0.5) is 0 Å². The third-order valence-corrected chi connectivity index (χ3v) is 3.22. The second kappa shape index (κ2) is 8.00. The standard InChI is InChI=1S/C10H24N2O3S/c1-4-6-11(2)8-9-12(3)7-5-10-16(13,14)15/h4-10H2,1-3H3,(H,13,14,15). The van der Waals surface area contributed by atoms with Crippen LogP contribution in [-0.4, -0.2) is 68.8 Å². The minimum absolute atomic E-state index is 0.151. The van der Waals surface area contributed by atoms with Crippen LogP contribution in [-0.2, 0) is 10.1 Å². The van der Waals surface area contributed by atoms with Gasteiger partial charge in [-0.05, 0) is 40.0 Å². The van der Waals surface area contributed by atoms with Gasteiger partial charge in [-0.1, -0.05) is 6.92 Å². The van der Waals surface area contributed by atoms with Crippen LogP contribution in [0.15, 0.2) is 0 Å². The third kappa shape index (κ3) is 10.4. The van der Waals surface area contributed by atoms with Crippen LogP contribution >= 0.6 is 0 Å². The second-order valence-corrected chi connectivity index (χ2v) is 5.82. The first-order valence-corrected chi connectivity index (χ1v) is 7.28. The van der Waals surface area contributed by atoms with Gasteiger partial charge in [0.15, 0.2) is 0 Å². The molecule has 16 heavy (non-hydrogen) atoms. The van der Waals surface area contributed by atoms with Crippen molar-refractivity contribution in [3.8, 4) is 0 Å². The Labute approximate surface area is 99.2 Å². The van der Waals surface area contributed by atoms with E-state index in [9.17, 15) is 8.42 Å². The molecule has 98 valence electrons. The summed E-state index contributed by atoms with van der Waals surface area (Å²) in [7, 11) is 0.244. The Morgan fingerprint density at radius 2 is 1.50 bits per heavy atom. The maximum Gasteiger partial charge on any atom is 0.264 e. The molecular weight excluding hydrogens is 228 g/mol. The highest BCUT2D eigenvalue weighted by Gasteiger charge is 2.06. The maximum atomic E-state index is 10.5. The van der Waals surface area contributed by atoms with Crippen molar-refractivity contribution in [1.29, 1.82) is 0 Å². The molecule has 0 aromatic heterocycles. The molecule has 0 radical (unpaired) electrons. The van der Waals surface area contributed by atoms with Crippen molar-refractivity contribution in [2.24, 2.45) is 0 Å². The van der Waals surface area contributed by atoms with Crippen LogP contribution in [0.25, 0.3) is 0 Å². The monoisotopic (exact) mass is 252 g/mol. The Bertz CT molecular complexity index is 267. The summed E-state index contributed by atoms with van der Waals surface area (Å²) < 4.78 is 29.5. The quantitative estimate of drug-likeness (QED) is 0.607. The highest BCUT2D eigenvalue weighted by Crippen LogP contribution is 1.93. The number of hydrogen-bond donors (Lipinski definition) is 1. The van der Waals surface area contributed by atoms with Crippen molar-refractivity contribution in [1.82, 2.24) is 9.80 Å². The molecule has 0 heterocycles. The molecule has 0 aromatic rings. The average molecular weight is 252 g/mol. The molecule has 5 nitrogen and oxygen atoms in total. The molecule has 0 fully saturated rings. The van der Waals surface area contributed by atoms with E-state index in [2.05, 4.69) is 23.8 Å². The van der Waals surface area contributed by atoms with E-state index < -0.39 is 10.1 Å². The summed E-state index contributed by atoms with van der Waals surface area (Å²) in [6.07, 6.45) is 1.62. The van der Waals surface area contributed by atoms with Crippen molar-refractivity contribution in [3.05, 3.63) is 0 Å². The van der Waals surface area contributed by atoms with E-state index >= 15 is 0 Å². The molecule has 6 heteroatoms. The van der Waals surface area contributed by atoms with Crippen molar-refractivity contribution < 1.29 is 13.0 Å². The predicted molar refractivity (Wildman–Crippen MR) is 66.3 cm³/mol. The summed E-state index contributed by atoms with van der Waals surface area (Å²) in [6.45, 7) is 5.82. The minimum Gasteiger partial charge on any atom is -0.305 e. The van der Waals surface area contributed by atoms with E-state index in [0.717, 1.165) is 26.1 Å². The zero-order chi connectivity index (χ0) is 12.6. The van der Waals surface area contributed by atoms with Gasteiger partial charge in [-0.2, -0.15) is 8.42 Å². The van der Waals surface area contributed by atoms with E-state index in [4.69, 9.17) is 4.55 Å². The van der Waals surface area contributed by atoms with E-state index in [0.29, 0.717) is 13.0 Å². The Morgan fingerprint density at radius 3 is 1.94 bits per heavy atom. The highest BCUT2D eigenvalue weighted by molar-refractivity contribution is 7.85. The predicted octanol–water partition coefficient (Wildman–Crippen LogP) is 0.538. The molecule has 0 aromatic carbocycles. The summed E-state index contributed by atoms with van der Waals surface area (Å²) in [6, 6.07) is 0. The molecule has 0 rings (SSSR count). The van der Waals surface area contributed by atoms with Gasteiger partial charge in [0, 0.05) is 13.1 Å². The number of nitrogens with zero attached hydrogens (tertiary/aromatic N) is 2. The lowest BCUT2D eigenvalue weighted by atomic mass is 10.4. The summed E-state index contributed by atoms with van der Waals surface area (Å²) in [5.41, 5.74) is 0. The fraction of sp³-hybridized carbons (Fsp3) is 1.00. The molecule has 0 amide bonds. The Hall–Kier alpha value is -0.170. The van der Waals surface area contributed by atoms with Crippen LogP contribution in [0.1, 0.15) is 19.8 Å². The van der Waals surface area contributed by atoms with Crippen LogP contribution in [0, 0.1) is 0 Å². The lowest BCUT2D eigenvalue weighted by Crippen LogP contribution is -2.32. The van der Waals surface area contributed by atoms with Gasteiger partial charge in [0.25, 0.3) is 10.1 Å². The van der Waals surface area contributed by atoms with Crippen molar-refractivity contribution in [2.45, 2.75) is 19.8 Å². The molecule has 0 saturated carbocycles. The molecule has 0 atom stereocenters. The Morgan fingerprint density at radius 1 is 1.00 bits per heavy atom. The van der Waals surface area contributed by atoms with Gasteiger partial charge in [-0.3, -0.25) is 4.55 Å². The minimum atomic E-state index is -3.80. The topological polar surface area (TPSA) is 60.9 Å². The fourth-order valence-corrected chi connectivity index (χ4v) is 1.96. The van der Waals surface area contributed by atoms with Crippen LogP contribution in [0.3, 0.4) is 0 Å². The van der Waals surface area contributed by atoms with E-state index in [1.807, 2.05) is 7.05 Å². The molecular formula is C10H24N2O3S. The Balaban J connectivity index is 3.55. The summed E-state index contributed by atoms with van der Waals surface area (Å²) in [4.78, 5) is 4.33. The summed E-state index contributed by atoms with van der Waals surface area (Å²) in [5.74, 6) is -0.151. The fourth-order valence-electron chi connectivity index (χ4n) is 1.46. The molecule has 0 aliphatic rings. The number of likely N-dealkylation sites (N-methyl/N-ethyl adjacent to an activating group) is 2. The van der Waals surface area contributed by atoms with Gasteiger partial charge in [-0.25, -0.2) is 0 Å². The first kappa shape index (κ1) is 15.8. The molecule has 0 spiro atoms. The molecule has 0 bridgehead atoms. The lowest BCUT2D eigenvalue weighted by Gasteiger charge is -2.21. The van der Waals surface area contributed by atoms with Crippen LogP contribution < -0.4 is 0 Å². The van der Waals surface area contributed by atoms with Crippen LogP contribution in [0.5, 0.6) is 0 Å². The van der Waals surface area contributed by atoms with E-state index in [-0.39, 0.29) is 5.75 Å². The molecule has 0 unspecified atom stereocenters. The second-order valence-electron chi connectivity index (χ2n) is 4.25. The number of hydrogen-bond acceptors (Lipinski definition) is 4. The highest BCUT2D eigenvalue weighted by atomic mass is 32.2. The van der Waals surface area contributed by atoms with E-state index in [1.54, 1.807) is 0 Å². The molecule has 0 aliphatic carbocycles. The van der Waals surface area contributed by atoms with Gasteiger partial charge in [0.2, 0.25) is 0 Å². The van der Waals surface area contributed by atoms with Crippen molar-refractivity contribution in [3.63, 3.8) is 0 Å². The average Bonchev–Trinajstić information content (AvgIpc) is 2.13. The summed E-state index contributed by atoms with van der Waals surface area (Å²) >= 11 is 0. The van der Waals surface area contributed by atoms with Gasteiger partial charge >= 0.3 is 0 Å². The van der Waals surface area contributed by atoms with Gasteiger partial charge in [-0.15, -0.1) is 0 Å². The normalized spacial score (nSPS) is 12.6. The Kier molecular flexibility index (Phi) is 7.91. The van der Waals surface area contributed by atoms with Gasteiger partial charge in [0.1, 0.15) is 0 Å². The first-order valence-electron chi connectivity index (χ1n) is 5.67. The zero-order valence-electron chi connectivity index (χ0n) is 10.5. The SMILES string of the molecule is CCCN(C)CCN(C)CCCS(=O)(=O)O. The third-order valence-electron chi connectivity index (χ3n) is 2.41. The largest absolute Gasteiger partial charge is 0.305 e.